The molecule has 1 aromatic heterocycles. The lowest BCUT2D eigenvalue weighted by atomic mass is 9.93. The summed E-state index contributed by atoms with van der Waals surface area (Å²) in [4.78, 5) is 15.2. The third-order valence-corrected chi connectivity index (χ3v) is 7.39. The molecule has 4 aromatic rings. The van der Waals surface area contributed by atoms with E-state index in [1.165, 1.54) is 11.1 Å². The van der Waals surface area contributed by atoms with Gasteiger partial charge in [0.2, 0.25) is 5.91 Å². The van der Waals surface area contributed by atoms with Crippen molar-refractivity contribution < 1.29 is 9.53 Å². The lowest BCUT2D eigenvalue weighted by Crippen LogP contribution is -2.35. The Hall–Kier alpha value is -4.59. The highest BCUT2D eigenvalue weighted by Crippen LogP contribution is 2.36. The summed E-state index contributed by atoms with van der Waals surface area (Å²) < 4.78 is 7.88. The number of nitrogens with one attached hydrogen (secondary N) is 2. The first-order valence-electron chi connectivity index (χ1n) is 13.7. The average molecular weight is 537 g/mol. The summed E-state index contributed by atoms with van der Waals surface area (Å²) in [6.07, 6.45) is 6.91. The topological polar surface area (TPSA) is 109 Å². The van der Waals surface area contributed by atoms with Crippen molar-refractivity contribution in [3.05, 3.63) is 95.3 Å². The van der Waals surface area contributed by atoms with Crippen LogP contribution in [-0.4, -0.2) is 34.8 Å². The molecular formula is C32H36N6O2. The van der Waals surface area contributed by atoms with E-state index < -0.39 is 0 Å². The molecule has 0 unspecified atom stereocenters. The van der Waals surface area contributed by atoms with Crippen LogP contribution in [0.2, 0.25) is 0 Å². The molecule has 0 saturated heterocycles. The molecule has 0 radical (unpaired) electrons. The van der Waals surface area contributed by atoms with Crippen LogP contribution < -0.4 is 20.7 Å². The van der Waals surface area contributed by atoms with E-state index in [9.17, 15) is 4.79 Å². The van der Waals surface area contributed by atoms with Crippen molar-refractivity contribution in [2.45, 2.75) is 46.1 Å². The zero-order valence-corrected chi connectivity index (χ0v) is 23.1. The summed E-state index contributed by atoms with van der Waals surface area (Å²) in [5, 5.41) is 14.9. The Kier molecular flexibility index (Phi) is 8.15. The molecule has 0 fully saturated rings. The van der Waals surface area contributed by atoms with E-state index in [1.807, 2.05) is 64.4 Å². The van der Waals surface area contributed by atoms with Gasteiger partial charge in [0.05, 0.1) is 19.3 Å². The van der Waals surface area contributed by atoms with E-state index >= 15 is 0 Å². The second-order valence-corrected chi connectivity index (χ2v) is 10.3. The summed E-state index contributed by atoms with van der Waals surface area (Å²) in [6, 6.07) is 20.0. The van der Waals surface area contributed by atoms with Gasteiger partial charge in [-0.15, -0.1) is 0 Å². The van der Waals surface area contributed by atoms with Gasteiger partial charge in [0.25, 0.3) is 0 Å². The number of nitrogens with two attached hydrogens (primary N) is 1. The van der Waals surface area contributed by atoms with Crippen molar-refractivity contribution in [2.24, 2.45) is 5.73 Å². The van der Waals surface area contributed by atoms with Gasteiger partial charge >= 0.3 is 0 Å². The van der Waals surface area contributed by atoms with Gasteiger partial charge in [0.1, 0.15) is 5.75 Å². The molecule has 1 aliphatic heterocycles. The number of aromatic nitrogens is 2. The third kappa shape index (κ3) is 6.17. The van der Waals surface area contributed by atoms with Crippen LogP contribution in [0, 0.1) is 19.3 Å². The third-order valence-electron chi connectivity index (χ3n) is 7.39. The van der Waals surface area contributed by atoms with Gasteiger partial charge in [-0.05, 0) is 85.2 Å². The summed E-state index contributed by atoms with van der Waals surface area (Å²) in [5.74, 6) is 0.935. The van der Waals surface area contributed by atoms with Gasteiger partial charge in [0, 0.05) is 36.1 Å². The Morgan fingerprint density at radius 3 is 2.80 bits per heavy atom. The largest absolute Gasteiger partial charge is 0.493 e. The lowest BCUT2D eigenvalue weighted by Gasteiger charge is -2.31. The van der Waals surface area contributed by atoms with Gasteiger partial charge < -0.3 is 20.7 Å². The monoisotopic (exact) mass is 536 g/mol. The standard InChI is InChI=1S/C32H36N6O2/c1-22-8-3-14-30(23(22)2)40-17-7-15-31(39)38-16-6-12-28-27(11-5-13-29(28)38)25-19-35-37(21-25)20-24-9-4-10-26(18-24)36-32(33)34/h3-5,8-11,13-14,18-19,21H,6-7,12,15-17,20H2,1-2H3,(H4,33,34,36). The fraction of sp³-hybridized carbons (Fsp3) is 0.281. The maximum absolute atomic E-state index is 13.3. The Morgan fingerprint density at radius 2 is 1.95 bits per heavy atom. The fourth-order valence-electron chi connectivity index (χ4n) is 5.25. The van der Waals surface area contributed by atoms with Crippen LogP contribution in [0.3, 0.4) is 0 Å². The molecule has 3 aromatic carbocycles. The van der Waals surface area contributed by atoms with E-state index in [0.717, 1.165) is 58.8 Å². The van der Waals surface area contributed by atoms with Crippen molar-refractivity contribution in [1.29, 1.82) is 5.41 Å². The van der Waals surface area contributed by atoms with Crippen molar-refractivity contribution >= 4 is 23.2 Å². The second-order valence-electron chi connectivity index (χ2n) is 10.3. The van der Waals surface area contributed by atoms with Gasteiger partial charge in [-0.3, -0.25) is 14.9 Å². The van der Waals surface area contributed by atoms with Crippen molar-refractivity contribution in [1.82, 2.24) is 9.78 Å². The van der Waals surface area contributed by atoms with Crippen molar-refractivity contribution in [2.75, 3.05) is 23.4 Å². The number of fused-ring (bicyclic) bond motifs is 1. The van der Waals surface area contributed by atoms with E-state index in [-0.39, 0.29) is 11.9 Å². The van der Waals surface area contributed by atoms with E-state index in [1.54, 1.807) is 0 Å². The highest BCUT2D eigenvalue weighted by atomic mass is 16.5. The molecule has 206 valence electrons. The van der Waals surface area contributed by atoms with Crippen LogP contribution in [-0.2, 0) is 17.8 Å². The molecule has 40 heavy (non-hydrogen) atoms. The van der Waals surface area contributed by atoms with E-state index in [0.29, 0.717) is 26.0 Å². The van der Waals surface area contributed by atoms with Crippen LogP contribution in [0.4, 0.5) is 11.4 Å². The summed E-state index contributed by atoms with van der Waals surface area (Å²) >= 11 is 0. The van der Waals surface area contributed by atoms with Crippen LogP contribution in [0.5, 0.6) is 5.75 Å². The minimum Gasteiger partial charge on any atom is -0.493 e. The maximum Gasteiger partial charge on any atom is 0.227 e. The molecule has 0 atom stereocenters. The number of aryl methyl sites for hydroxylation is 1. The van der Waals surface area contributed by atoms with Gasteiger partial charge in [-0.2, -0.15) is 5.10 Å². The average Bonchev–Trinajstić information content (AvgIpc) is 3.40. The van der Waals surface area contributed by atoms with Gasteiger partial charge in [0.15, 0.2) is 5.96 Å². The zero-order chi connectivity index (χ0) is 28.1. The van der Waals surface area contributed by atoms with E-state index in [2.05, 4.69) is 42.5 Å². The molecule has 0 saturated carbocycles. The number of hydrogen-bond donors (Lipinski definition) is 3. The smallest absolute Gasteiger partial charge is 0.227 e. The minimum absolute atomic E-state index is 0.0921. The number of rotatable bonds is 9. The Labute approximate surface area is 235 Å². The SMILES string of the molecule is Cc1cccc(OCCCC(=O)N2CCCc3c(-c4cnn(Cc5cccc(NC(=N)N)c5)c4)cccc32)c1C. The number of amides is 1. The Morgan fingerprint density at radius 1 is 1.12 bits per heavy atom. The quantitative estimate of drug-likeness (QED) is 0.145. The predicted octanol–water partition coefficient (Wildman–Crippen LogP) is 5.66. The number of carbonyl (C=O) groups excluding carboxylic acids is 1. The fourth-order valence-corrected chi connectivity index (χ4v) is 5.25. The van der Waals surface area contributed by atoms with Crippen LogP contribution in [0.25, 0.3) is 11.1 Å². The number of guanidine groups is 1. The number of hydrogen-bond acceptors (Lipinski definition) is 4. The Bertz CT molecular complexity index is 1530. The number of carbonyl (C=O) groups is 1. The number of ether oxygens (including phenoxy) is 1. The molecule has 0 bridgehead atoms. The molecule has 2 heterocycles. The molecule has 5 rings (SSSR count). The summed E-state index contributed by atoms with van der Waals surface area (Å²) in [7, 11) is 0. The first-order chi connectivity index (χ1) is 19.4. The number of anilines is 2. The summed E-state index contributed by atoms with van der Waals surface area (Å²) in [5.41, 5.74) is 14.0. The molecule has 0 spiro atoms. The van der Waals surface area contributed by atoms with Gasteiger partial charge in [-0.25, -0.2) is 0 Å². The first kappa shape index (κ1) is 27.0. The number of benzene rings is 3. The molecule has 1 amide bonds. The highest BCUT2D eigenvalue weighted by Gasteiger charge is 2.24. The van der Waals surface area contributed by atoms with E-state index in [4.69, 9.17) is 15.9 Å². The summed E-state index contributed by atoms with van der Waals surface area (Å²) in [6.45, 7) is 5.98. The highest BCUT2D eigenvalue weighted by molar-refractivity contribution is 5.96. The van der Waals surface area contributed by atoms with Crippen LogP contribution in [0.15, 0.2) is 73.1 Å². The lowest BCUT2D eigenvalue weighted by molar-refractivity contribution is -0.118. The Balaban J connectivity index is 1.25. The zero-order valence-electron chi connectivity index (χ0n) is 23.1. The minimum atomic E-state index is -0.0921. The van der Waals surface area contributed by atoms with Crippen LogP contribution in [0.1, 0.15) is 41.5 Å². The molecular weight excluding hydrogens is 500 g/mol. The molecule has 8 nitrogen and oxygen atoms in total. The number of nitrogens with zero attached hydrogens (tertiary/aromatic N) is 3. The van der Waals surface area contributed by atoms with Crippen molar-refractivity contribution in [3.8, 4) is 16.9 Å². The van der Waals surface area contributed by atoms with Crippen molar-refractivity contribution in [3.63, 3.8) is 0 Å². The second kappa shape index (κ2) is 12.1. The molecule has 8 heteroatoms. The first-order valence-corrected chi connectivity index (χ1v) is 13.7. The van der Waals surface area contributed by atoms with Gasteiger partial charge in [-0.1, -0.05) is 36.4 Å². The normalized spacial score (nSPS) is 12.6. The predicted molar refractivity (Wildman–Crippen MR) is 160 cm³/mol. The molecule has 0 aliphatic carbocycles. The molecule has 1 aliphatic rings. The maximum atomic E-state index is 13.3. The van der Waals surface area contributed by atoms with Crippen LogP contribution >= 0.6 is 0 Å². The molecule has 4 N–H and O–H groups in total.